The van der Waals surface area contributed by atoms with Crippen molar-refractivity contribution in [3.05, 3.63) is 42.0 Å². The Kier molecular flexibility index (Phi) is 9.52. The Balaban J connectivity index is 1.48. The van der Waals surface area contributed by atoms with Crippen LogP contribution in [0.25, 0.3) is 0 Å². The lowest BCUT2D eigenvalue weighted by molar-refractivity contribution is -0.116. The van der Waals surface area contributed by atoms with Crippen LogP contribution in [0, 0.1) is 0 Å². The van der Waals surface area contributed by atoms with Crippen LogP contribution in [0.2, 0.25) is 0 Å². The normalized spacial score (nSPS) is 17.5. The molecule has 2 saturated heterocycles. The molecule has 0 unspecified atom stereocenters. The van der Waals surface area contributed by atoms with Gasteiger partial charge < -0.3 is 14.8 Å². The molecule has 10 nitrogen and oxygen atoms in total. The number of nitrogens with zero attached hydrogens (tertiary/aromatic N) is 2. The summed E-state index contributed by atoms with van der Waals surface area (Å²) in [5.74, 6) is 0.377. The van der Waals surface area contributed by atoms with E-state index in [1.807, 2.05) is 0 Å². The summed E-state index contributed by atoms with van der Waals surface area (Å²) in [7, 11) is -4.49. The lowest BCUT2D eigenvalue weighted by Crippen LogP contribution is -2.35. The van der Waals surface area contributed by atoms with E-state index in [1.165, 1.54) is 41.0 Å². The fraction of sp³-hybridized carbons (Fsp3) is 0.519. The third-order valence-corrected chi connectivity index (χ3v) is 11.0. The van der Waals surface area contributed by atoms with Gasteiger partial charge in [0.25, 0.3) is 0 Å². The van der Waals surface area contributed by atoms with Gasteiger partial charge in [0.05, 0.1) is 19.1 Å². The molecule has 2 aliphatic heterocycles. The van der Waals surface area contributed by atoms with Gasteiger partial charge in [-0.2, -0.15) is 8.61 Å². The molecule has 2 aliphatic rings. The van der Waals surface area contributed by atoms with Crippen molar-refractivity contribution in [1.82, 2.24) is 8.61 Å². The van der Waals surface area contributed by atoms with Gasteiger partial charge in [-0.15, -0.1) is 0 Å². The van der Waals surface area contributed by atoms with Crippen LogP contribution in [0.5, 0.6) is 11.5 Å². The zero-order valence-corrected chi connectivity index (χ0v) is 24.2. The largest absolute Gasteiger partial charge is 0.496 e. The molecular formula is C27H37N3O7S2. The first kappa shape index (κ1) is 29.3. The van der Waals surface area contributed by atoms with E-state index in [-0.39, 0.29) is 34.3 Å². The van der Waals surface area contributed by atoms with Crippen LogP contribution in [0.15, 0.2) is 46.2 Å². The number of hydrogen-bond donors (Lipinski definition) is 1. The van der Waals surface area contributed by atoms with E-state index in [1.54, 1.807) is 18.2 Å². The maximum absolute atomic E-state index is 13.3. The number of aryl methyl sites for hydroxylation is 1. The molecule has 0 bridgehead atoms. The molecule has 0 atom stereocenters. The van der Waals surface area contributed by atoms with Crippen molar-refractivity contribution < 1.29 is 31.1 Å². The molecule has 0 aromatic heterocycles. The quantitative estimate of drug-likeness (QED) is 0.456. The Morgan fingerprint density at radius 1 is 0.769 bits per heavy atom. The van der Waals surface area contributed by atoms with Gasteiger partial charge in [0.1, 0.15) is 16.4 Å². The van der Waals surface area contributed by atoms with Crippen LogP contribution in [-0.2, 0) is 31.3 Å². The van der Waals surface area contributed by atoms with Gasteiger partial charge in [0.2, 0.25) is 26.0 Å². The molecule has 0 spiro atoms. The topological polar surface area (TPSA) is 122 Å². The fourth-order valence-corrected chi connectivity index (χ4v) is 8.30. The molecular weight excluding hydrogens is 542 g/mol. The zero-order valence-electron chi connectivity index (χ0n) is 22.5. The third-order valence-electron chi connectivity index (χ3n) is 7.21. The molecule has 4 rings (SSSR count). The predicted molar refractivity (Wildman–Crippen MR) is 148 cm³/mol. The summed E-state index contributed by atoms with van der Waals surface area (Å²) in [6, 6.07) is 9.28. The second kappa shape index (κ2) is 12.7. The average molecular weight is 580 g/mol. The summed E-state index contributed by atoms with van der Waals surface area (Å²) in [6.45, 7) is 1.92. The highest BCUT2D eigenvalue weighted by Gasteiger charge is 2.30. The molecule has 0 saturated carbocycles. The van der Waals surface area contributed by atoms with E-state index in [0.29, 0.717) is 43.2 Å². The van der Waals surface area contributed by atoms with Gasteiger partial charge in [-0.3, -0.25) is 4.79 Å². The Morgan fingerprint density at radius 2 is 1.33 bits per heavy atom. The van der Waals surface area contributed by atoms with E-state index >= 15 is 0 Å². The van der Waals surface area contributed by atoms with Crippen molar-refractivity contribution in [1.29, 1.82) is 0 Å². The molecule has 214 valence electrons. The Morgan fingerprint density at radius 3 is 1.92 bits per heavy atom. The van der Waals surface area contributed by atoms with E-state index in [2.05, 4.69) is 5.32 Å². The number of carbonyl (C=O) groups is 1. The highest BCUT2D eigenvalue weighted by Crippen LogP contribution is 2.32. The van der Waals surface area contributed by atoms with Crippen molar-refractivity contribution in [3.63, 3.8) is 0 Å². The maximum atomic E-state index is 13.3. The number of methoxy groups -OCH3 is 2. The van der Waals surface area contributed by atoms with E-state index in [4.69, 9.17) is 9.47 Å². The second-order valence-corrected chi connectivity index (χ2v) is 13.7. The number of nitrogens with one attached hydrogen (secondary N) is 1. The van der Waals surface area contributed by atoms with Gasteiger partial charge >= 0.3 is 0 Å². The highest BCUT2D eigenvalue weighted by atomic mass is 32.2. The second-order valence-electron chi connectivity index (χ2n) is 9.82. The molecule has 0 radical (unpaired) electrons. The molecule has 12 heteroatoms. The Labute approximate surface area is 231 Å². The molecule has 0 aliphatic carbocycles. The van der Waals surface area contributed by atoms with Crippen LogP contribution in [0.4, 0.5) is 5.69 Å². The first-order valence-electron chi connectivity index (χ1n) is 13.3. The van der Waals surface area contributed by atoms with Crippen molar-refractivity contribution >= 4 is 31.6 Å². The molecule has 1 N–H and O–H groups in total. The van der Waals surface area contributed by atoms with Crippen molar-refractivity contribution in [2.45, 2.75) is 61.2 Å². The summed E-state index contributed by atoms with van der Waals surface area (Å²) >= 11 is 0. The SMILES string of the molecule is COc1ccc(S(=O)(=O)N2CCCCC2)cc1CCC(=O)Nc1ccc(OC)c(S(=O)(=O)N2CCCCC2)c1. The molecule has 1 amide bonds. The number of piperidine rings is 2. The Bertz CT molecular complexity index is 1380. The van der Waals surface area contributed by atoms with Crippen LogP contribution in [-0.4, -0.2) is 71.8 Å². The van der Waals surface area contributed by atoms with E-state index in [9.17, 15) is 21.6 Å². The number of anilines is 1. The Hall–Kier alpha value is -2.67. The minimum Gasteiger partial charge on any atom is -0.496 e. The van der Waals surface area contributed by atoms with Crippen molar-refractivity contribution in [3.8, 4) is 11.5 Å². The van der Waals surface area contributed by atoms with Crippen molar-refractivity contribution in [2.24, 2.45) is 0 Å². The minimum atomic E-state index is -3.78. The number of carbonyl (C=O) groups excluding carboxylic acids is 1. The summed E-state index contributed by atoms with van der Waals surface area (Å²) < 4.78 is 66.5. The number of amides is 1. The maximum Gasteiger partial charge on any atom is 0.246 e. The van der Waals surface area contributed by atoms with Crippen LogP contribution in [0.3, 0.4) is 0 Å². The number of benzene rings is 2. The lowest BCUT2D eigenvalue weighted by atomic mass is 10.1. The number of ether oxygens (including phenoxy) is 2. The van der Waals surface area contributed by atoms with E-state index in [0.717, 1.165) is 38.5 Å². The van der Waals surface area contributed by atoms with Crippen LogP contribution in [0.1, 0.15) is 50.5 Å². The smallest absolute Gasteiger partial charge is 0.246 e. The molecule has 39 heavy (non-hydrogen) atoms. The van der Waals surface area contributed by atoms with Crippen LogP contribution < -0.4 is 14.8 Å². The summed E-state index contributed by atoms with van der Waals surface area (Å²) in [6.07, 6.45) is 5.61. The molecule has 2 fully saturated rings. The number of sulfonamides is 2. The molecule has 2 heterocycles. The summed E-state index contributed by atoms with van der Waals surface area (Å²) in [4.78, 5) is 13.1. The van der Waals surface area contributed by atoms with Crippen molar-refractivity contribution in [2.75, 3.05) is 45.7 Å². The van der Waals surface area contributed by atoms with Gasteiger partial charge in [-0.25, -0.2) is 16.8 Å². The summed E-state index contributed by atoms with van der Waals surface area (Å²) in [5.41, 5.74) is 0.943. The average Bonchev–Trinajstić information content (AvgIpc) is 2.96. The van der Waals surface area contributed by atoms with Gasteiger partial charge in [-0.05, 0) is 74.1 Å². The predicted octanol–water partition coefficient (Wildman–Crippen LogP) is 3.62. The summed E-state index contributed by atoms with van der Waals surface area (Å²) in [5, 5.41) is 2.77. The van der Waals surface area contributed by atoms with Gasteiger partial charge in [-0.1, -0.05) is 12.8 Å². The highest BCUT2D eigenvalue weighted by molar-refractivity contribution is 7.89. The monoisotopic (exact) mass is 579 g/mol. The van der Waals surface area contributed by atoms with Gasteiger partial charge in [0, 0.05) is 38.3 Å². The van der Waals surface area contributed by atoms with Gasteiger partial charge in [0.15, 0.2) is 0 Å². The third kappa shape index (κ3) is 6.74. The number of hydrogen-bond acceptors (Lipinski definition) is 7. The zero-order chi connectivity index (χ0) is 28.0. The fourth-order valence-electron chi connectivity index (χ4n) is 5.04. The first-order chi connectivity index (χ1) is 18.7. The van der Waals surface area contributed by atoms with Crippen LogP contribution >= 0.6 is 0 Å². The first-order valence-corrected chi connectivity index (χ1v) is 16.2. The lowest BCUT2D eigenvalue weighted by Gasteiger charge is -2.26. The van der Waals surface area contributed by atoms with E-state index < -0.39 is 20.0 Å². The molecule has 2 aromatic carbocycles. The molecule has 2 aromatic rings. The number of rotatable bonds is 10. The standard InChI is InChI=1S/C27H37N3O7S2/c1-36-24-13-11-23(38(32,33)29-15-5-3-6-16-29)19-21(24)9-14-27(31)28-22-10-12-25(37-2)26(20-22)39(34,35)30-17-7-4-8-18-30/h10-13,19-20H,3-9,14-18H2,1-2H3,(H,28,31). The minimum absolute atomic E-state index is 0.0157.